The summed E-state index contributed by atoms with van der Waals surface area (Å²) >= 11 is 1.68. The van der Waals surface area contributed by atoms with E-state index in [0.717, 1.165) is 42.3 Å². The lowest BCUT2D eigenvalue weighted by Crippen LogP contribution is -2.48. The lowest BCUT2D eigenvalue weighted by molar-refractivity contribution is 0.0746. The summed E-state index contributed by atoms with van der Waals surface area (Å²) in [7, 11) is 0. The third kappa shape index (κ3) is 2.95. The Morgan fingerprint density at radius 3 is 2.27 bits per heavy atom. The number of anilines is 1. The summed E-state index contributed by atoms with van der Waals surface area (Å²) in [6.45, 7) is 7.15. The van der Waals surface area contributed by atoms with E-state index in [-0.39, 0.29) is 11.7 Å². The summed E-state index contributed by atoms with van der Waals surface area (Å²) in [5, 5.41) is 9.35. The number of benzene rings is 1. The van der Waals surface area contributed by atoms with Gasteiger partial charge in [0.15, 0.2) is 0 Å². The molecule has 116 valence electrons. The number of hydrogen-bond acceptors (Lipinski definition) is 4. The number of piperazine rings is 1. The number of nitrogens with zero attached hydrogens (tertiary/aromatic N) is 2. The van der Waals surface area contributed by atoms with Crippen LogP contribution in [-0.4, -0.2) is 42.1 Å². The number of phenols is 1. The lowest BCUT2D eigenvalue weighted by atomic mass is 10.2. The highest BCUT2D eigenvalue weighted by Crippen LogP contribution is 2.24. The molecule has 3 rings (SSSR count). The molecule has 4 nitrogen and oxygen atoms in total. The van der Waals surface area contributed by atoms with Gasteiger partial charge in [0.25, 0.3) is 5.91 Å². The van der Waals surface area contributed by atoms with Crippen molar-refractivity contribution in [1.82, 2.24) is 4.90 Å². The van der Waals surface area contributed by atoms with Gasteiger partial charge in [0, 0.05) is 41.6 Å². The Bertz CT molecular complexity index is 670. The van der Waals surface area contributed by atoms with E-state index < -0.39 is 0 Å². The third-order valence-electron chi connectivity index (χ3n) is 4.05. The first kappa shape index (κ1) is 14.9. The zero-order valence-electron chi connectivity index (χ0n) is 12.9. The van der Waals surface area contributed by atoms with Gasteiger partial charge in [-0.2, -0.15) is 0 Å². The Labute approximate surface area is 134 Å². The van der Waals surface area contributed by atoms with Crippen molar-refractivity contribution in [3.8, 4) is 5.75 Å². The molecule has 1 aliphatic heterocycles. The van der Waals surface area contributed by atoms with Gasteiger partial charge >= 0.3 is 0 Å². The van der Waals surface area contributed by atoms with Gasteiger partial charge in [-0.15, -0.1) is 11.3 Å². The van der Waals surface area contributed by atoms with Crippen LogP contribution < -0.4 is 4.90 Å². The van der Waals surface area contributed by atoms with Crippen LogP contribution in [0.15, 0.2) is 30.3 Å². The maximum absolute atomic E-state index is 12.6. The Morgan fingerprint density at radius 1 is 1.09 bits per heavy atom. The molecule has 5 heteroatoms. The Hall–Kier alpha value is -2.01. The van der Waals surface area contributed by atoms with Gasteiger partial charge < -0.3 is 14.9 Å². The number of phenolic OH excluding ortho intramolecular Hbond substituents is 1. The highest BCUT2D eigenvalue weighted by atomic mass is 32.1. The minimum absolute atomic E-state index is 0.146. The summed E-state index contributed by atoms with van der Waals surface area (Å²) in [5.41, 5.74) is 1.94. The molecule has 1 aliphatic rings. The fourth-order valence-electron chi connectivity index (χ4n) is 2.84. The molecule has 2 aromatic rings. The van der Waals surface area contributed by atoms with Crippen molar-refractivity contribution in [3.05, 3.63) is 45.6 Å². The van der Waals surface area contributed by atoms with Crippen molar-refractivity contribution in [3.63, 3.8) is 0 Å². The van der Waals surface area contributed by atoms with Gasteiger partial charge in [0.1, 0.15) is 5.75 Å². The number of carbonyl (C=O) groups is 1. The van der Waals surface area contributed by atoms with Crippen molar-refractivity contribution < 1.29 is 9.90 Å². The standard InChI is InChI=1S/C17H20N2O2S/c1-12-11-16(13(2)22-12)17(21)19-9-7-18(8-10-19)14-3-5-15(20)6-4-14/h3-6,11,20H,7-10H2,1-2H3. The van der Waals surface area contributed by atoms with E-state index in [0.29, 0.717) is 0 Å². The number of carbonyl (C=O) groups excluding carboxylic acids is 1. The highest BCUT2D eigenvalue weighted by molar-refractivity contribution is 7.12. The van der Waals surface area contributed by atoms with Crippen molar-refractivity contribution >= 4 is 22.9 Å². The van der Waals surface area contributed by atoms with Crippen LogP contribution in [0.1, 0.15) is 20.1 Å². The number of hydrogen-bond donors (Lipinski definition) is 1. The molecule has 0 radical (unpaired) electrons. The summed E-state index contributed by atoms with van der Waals surface area (Å²) in [4.78, 5) is 19.1. The van der Waals surface area contributed by atoms with Crippen LogP contribution in [0.3, 0.4) is 0 Å². The summed E-state index contributed by atoms with van der Waals surface area (Å²) in [6.07, 6.45) is 0. The zero-order chi connectivity index (χ0) is 15.7. The topological polar surface area (TPSA) is 43.8 Å². The number of aryl methyl sites for hydroxylation is 2. The van der Waals surface area contributed by atoms with Crippen LogP contribution in [0.4, 0.5) is 5.69 Å². The van der Waals surface area contributed by atoms with Crippen molar-refractivity contribution in [2.45, 2.75) is 13.8 Å². The van der Waals surface area contributed by atoms with Gasteiger partial charge in [-0.05, 0) is 44.2 Å². The number of aromatic hydroxyl groups is 1. The van der Waals surface area contributed by atoms with Gasteiger partial charge in [-0.1, -0.05) is 0 Å². The average Bonchev–Trinajstić information content (AvgIpc) is 2.86. The van der Waals surface area contributed by atoms with Gasteiger partial charge in [0.2, 0.25) is 0 Å². The Balaban J connectivity index is 1.65. The average molecular weight is 316 g/mol. The van der Waals surface area contributed by atoms with E-state index in [2.05, 4.69) is 4.90 Å². The molecule has 1 fully saturated rings. The fraction of sp³-hybridized carbons (Fsp3) is 0.353. The monoisotopic (exact) mass is 316 g/mol. The largest absolute Gasteiger partial charge is 0.508 e. The number of thiophene rings is 1. The van der Waals surface area contributed by atoms with E-state index in [1.165, 1.54) is 4.88 Å². The van der Waals surface area contributed by atoms with E-state index in [1.54, 1.807) is 23.5 Å². The molecule has 0 bridgehead atoms. The van der Waals surface area contributed by atoms with Gasteiger partial charge in [-0.25, -0.2) is 0 Å². The maximum atomic E-state index is 12.6. The molecule has 1 amide bonds. The Morgan fingerprint density at radius 2 is 1.73 bits per heavy atom. The second kappa shape index (κ2) is 6.01. The molecule has 1 aromatic carbocycles. The van der Waals surface area contributed by atoms with Crippen molar-refractivity contribution in [2.24, 2.45) is 0 Å². The van der Waals surface area contributed by atoms with E-state index in [1.807, 2.05) is 36.9 Å². The van der Waals surface area contributed by atoms with Crippen LogP contribution in [-0.2, 0) is 0 Å². The molecule has 0 unspecified atom stereocenters. The van der Waals surface area contributed by atoms with E-state index in [4.69, 9.17) is 0 Å². The molecule has 0 saturated carbocycles. The molecule has 2 heterocycles. The molecular formula is C17H20N2O2S. The highest BCUT2D eigenvalue weighted by Gasteiger charge is 2.24. The van der Waals surface area contributed by atoms with Crippen LogP contribution in [0.5, 0.6) is 5.75 Å². The van der Waals surface area contributed by atoms with Crippen LogP contribution in [0, 0.1) is 13.8 Å². The second-order valence-corrected chi connectivity index (χ2v) is 7.08. The molecule has 1 N–H and O–H groups in total. The minimum Gasteiger partial charge on any atom is -0.508 e. The second-order valence-electron chi connectivity index (χ2n) is 5.62. The molecule has 22 heavy (non-hydrogen) atoms. The normalized spacial score (nSPS) is 15.2. The van der Waals surface area contributed by atoms with E-state index >= 15 is 0 Å². The number of rotatable bonds is 2. The summed E-state index contributed by atoms with van der Waals surface area (Å²) in [5.74, 6) is 0.424. The first-order valence-electron chi connectivity index (χ1n) is 7.45. The molecule has 0 spiro atoms. The van der Waals surface area contributed by atoms with Crippen molar-refractivity contribution in [1.29, 1.82) is 0 Å². The fourth-order valence-corrected chi connectivity index (χ4v) is 3.76. The lowest BCUT2D eigenvalue weighted by Gasteiger charge is -2.36. The quantitative estimate of drug-likeness (QED) is 0.926. The molecule has 1 saturated heterocycles. The predicted molar refractivity (Wildman–Crippen MR) is 90.0 cm³/mol. The minimum atomic E-state index is 0.146. The van der Waals surface area contributed by atoms with Crippen molar-refractivity contribution in [2.75, 3.05) is 31.1 Å². The first-order valence-corrected chi connectivity index (χ1v) is 8.26. The number of amides is 1. The zero-order valence-corrected chi connectivity index (χ0v) is 13.7. The first-order chi connectivity index (χ1) is 10.5. The molecular weight excluding hydrogens is 296 g/mol. The third-order valence-corrected chi connectivity index (χ3v) is 5.02. The van der Waals surface area contributed by atoms with Gasteiger partial charge in [0.05, 0.1) is 5.56 Å². The van der Waals surface area contributed by atoms with E-state index in [9.17, 15) is 9.90 Å². The Kier molecular flexibility index (Phi) is 4.07. The molecule has 1 aromatic heterocycles. The van der Waals surface area contributed by atoms with Crippen LogP contribution in [0.25, 0.3) is 0 Å². The maximum Gasteiger partial charge on any atom is 0.255 e. The predicted octanol–water partition coefficient (Wildman–Crippen LogP) is 3.03. The molecule has 0 aliphatic carbocycles. The van der Waals surface area contributed by atoms with Gasteiger partial charge in [-0.3, -0.25) is 4.79 Å². The summed E-state index contributed by atoms with van der Waals surface area (Å²) < 4.78 is 0. The summed E-state index contributed by atoms with van der Waals surface area (Å²) in [6, 6.07) is 9.22. The van der Waals surface area contributed by atoms with Crippen LogP contribution in [0.2, 0.25) is 0 Å². The SMILES string of the molecule is Cc1cc(C(=O)N2CCN(c3ccc(O)cc3)CC2)c(C)s1. The smallest absolute Gasteiger partial charge is 0.255 e. The van der Waals surface area contributed by atoms with Crippen LogP contribution >= 0.6 is 11.3 Å². The molecule has 0 atom stereocenters.